The number of hydrogen-bond donors (Lipinski definition) is 0. The van der Waals surface area contributed by atoms with Crippen molar-refractivity contribution in [2.45, 2.75) is 44.7 Å². The van der Waals surface area contributed by atoms with E-state index in [1.165, 1.54) is 12.1 Å². The van der Waals surface area contributed by atoms with E-state index in [4.69, 9.17) is 11.6 Å². The monoisotopic (exact) mass is 317 g/mol. The summed E-state index contributed by atoms with van der Waals surface area (Å²) in [5, 5.41) is 0.336. The molecule has 0 saturated heterocycles. The number of amides is 1. The topological polar surface area (TPSA) is 54.5 Å². The maximum atomic E-state index is 12.2. The highest BCUT2D eigenvalue weighted by Crippen LogP contribution is 2.18. The minimum atomic E-state index is -3.67. The molecule has 0 N–H and O–H groups in total. The number of halogens is 1. The molecule has 0 atom stereocenters. The summed E-state index contributed by atoms with van der Waals surface area (Å²) in [4.78, 5) is 13.9. The predicted molar refractivity (Wildman–Crippen MR) is 80.6 cm³/mol. The molecule has 112 valence electrons. The SMILES string of the molecule is CC(C)N(C(=O)CS(=O)(=O)c1cccc(Cl)c1)C(C)C. The van der Waals surface area contributed by atoms with Crippen LogP contribution < -0.4 is 0 Å². The number of benzene rings is 1. The molecule has 0 aromatic heterocycles. The summed E-state index contributed by atoms with van der Waals surface area (Å²) in [6.07, 6.45) is 0. The second-order valence-electron chi connectivity index (χ2n) is 5.20. The minimum Gasteiger partial charge on any atom is -0.337 e. The molecular weight excluding hydrogens is 298 g/mol. The lowest BCUT2D eigenvalue weighted by atomic mass is 10.2. The highest BCUT2D eigenvalue weighted by molar-refractivity contribution is 7.92. The van der Waals surface area contributed by atoms with Crippen LogP contribution in [0.2, 0.25) is 5.02 Å². The fraction of sp³-hybridized carbons (Fsp3) is 0.500. The normalized spacial score (nSPS) is 11.9. The number of rotatable bonds is 5. The molecule has 0 aliphatic heterocycles. The first kappa shape index (κ1) is 17.0. The van der Waals surface area contributed by atoms with Gasteiger partial charge in [0, 0.05) is 17.1 Å². The molecule has 1 aromatic rings. The van der Waals surface area contributed by atoms with Crippen LogP contribution in [0.1, 0.15) is 27.7 Å². The van der Waals surface area contributed by atoms with Crippen molar-refractivity contribution in [2.75, 3.05) is 5.75 Å². The molecule has 1 rings (SSSR count). The van der Waals surface area contributed by atoms with Gasteiger partial charge in [-0.1, -0.05) is 17.7 Å². The van der Waals surface area contributed by atoms with E-state index in [1.807, 2.05) is 27.7 Å². The Morgan fingerprint density at radius 3 is 2.20 bits per heavy atom. The van der Waals surface area contributed by atoms with Gasteiger partial charge < -0.3 is 4.90 Å². The molecule has 0 bridgehead atoms. The third kappa shape index (κ3) is 4.21. The zero-order chi connectivity index (χ0) is 15.5. The molecule has 0 unspecified atom stereocenters. The molecule has 1 aromatic carbocycles. The molecular formula is C14H20ClNO3S. The molecule has 0 aliphatic rings. The van der Waals surface area contributed by atoms with Crippen LogP contribution in [0.3, 0.4) is 0 Å². The van der Waals surface area contributed by atoms with E-state index in [-0.39, 0.29) is 17.0 Å². The highest BCUT2D eigenvalue weighted by Gasteiger charge is 2.26. The summed E-state index contributed by atoms with van der Waals surface area (Å²) < 4.78 is 24.5. The standard InChI is InChI=1S/C14H20ClNO3S/c1-10(2)16(11(3)4)14(17)9-20(18,19)13-7-5-6-12(15)8-13/h5-8,10-11H,9H2,1-4H3. The van der Waals surface area contributed by atoms with E-state index in [0.29, 0.717) is 5.02 Å². The fourth-order valence-corrected chi connectivity index (χ4v) is 3.64. The second-order valence-corrected chi connectivity index (χ2v) is 7.63. The lowest BCUT2D eigenvalue weighted by Crippen LogP contribution is -2.44. The first-order chi connectivity index (χ1) is 9.15. The summed E-state index contributed by atoms with van der Waals surface area (Å²) in [5.74, 6) is -0.932. The molecule has 0 fully saturated rings. The predicted octanol–water partition coefficient (Wildman–Crippen LogP) is 2.76. The van der Waals surface area contributed by atoms with Gasteiger partial charge in [-0.25, -0.2) is 8.42 Å². The molecule has 20 heavy (non-hydrogen) atoms. The molecule has 4 nitrogen and oxygen atoms in total. The van der Waals surface area contributed by atoms with Crippen molar-refractivity contribution in [3.63, 3.8) is 0 Å². The van der Waals surface area contributed by atoms with Crippen molar-refractivity contribution in [2.24, 2.45) is 0 Å². The number of hydrogen-bond acceptors (Lipinski definition) is 3. The van der Waals surface area contributed by atoms with Gasteiger partial charge in [0.25, 0.3) is 0 Å². The van der Waals surface area contributed by atoms with Crippen LogP contribution in [0.5, 0.6) is 0 Å². The van der Waals surface area contributed by atoms with E-state index in [2.05, 4.69) is 0 Å². The van der Waals surface area contributed by atoms with Gasteiger partial charge in [0.15, 0.2) is 9.84 Å². The van der Waals surface area contributed by atoms with Crippen molar-refractivity contribution >= 4 is 27.3 Å². The lowest BCUT2D eigenvalue weighted by molar-refractivity contribution is -0.131. The van der Waals surface area contributed by atoms with Crippen LogP contribution in [-0.4, -0.2) is 37.1 Å². The second kappa shape index (κ2) is 6.59. The molecule has 0 aliphatic carbocycles. The summed E-state index contributed by atoms with van der Waals surface area (Å²) in [7, 11) is -3.67. The van der Waals surface area contributed by atoms with E-state index in [0.717, 1.165) is 0 Å². The van der Waals surface area contributed by atoms with Gasteiger partial charge in [-0.15, -0.1) is 0 Å². The highest BCUT2D eigenvalue weighted by atomic mass is 35.5. The number of carbonyl (C=O) groups excluding carboxylic acids is 1. The third-order valence-electron chi connectivity index (χ3n) is 2.87. The maximum Gasteiger partial charge on any atom is 0.238 e. The largest absolute Gasteiger partial charge is 0.337 e. The summed E-state index contributed by atoms with van der Waals surface area (Å²) >= 11 is 5.79. The van der Waals surface area contributed by atoms with Gasteiger partial charge in [0.2, 0.25) is 5.91 Å². The van der Waals surface area contributed by atoms with Crippen molar-refractivity contribution in [3.05, 3.63) is 29.3 Å². The van der Waals surface area contributed by atoms with Crippen molar-refractivity contribution in [1.29, 1.82) is 0 Å². The Balaban J connectivity index is 2.99. The van der Waals surface area contributed by atoms with Crippen molar-refractivity contribution < 1.29 is 13.2 Å². The molecule has 0 radical (unpaired) electrons. The van der Waals surface area contributed by atoms with Gasteiger partial charge in [0.05, 0.1) is 4.90 Å². The number of sulfone groups is 1. The maximum absolute atomic E-state index is 12.2. The molecule has 0 spiro atoms. The van der Waals surface area contributed by atoms with E-state index in [1.54, 1.807) is 17.0 Å². The van der Waals surface area contributed by atoms with Gasteiger partial charge in [-0.2, -0.15) is 0 Å². The Bertz CT molecular complexity index is 574. The Labute approximate surface area is 125 Å². The Morgan fingerprint density at radius 2 is 1.75 bits per heavy atom. The quantitative estimate of drug-likeness (QED) is 0.839. The van der Waals surface area contributed by atoms with Crippen LogP contribution in [0.25, 0.3) is 0 Å². The first-order valence-corrected chi connectivity index (χ1v) is 8.47. The summed E-state index contributed by atoms with van der Waals surface area (Å²) in [6.45, 7) is 7.46. The average Bonchev–Trinajstić information content (AvgIpc) is 2.26. The molecule has 0 heterocycles. The van der Waals surface area contributed by atoms with Crippen LogP contribution in [0.4, 0.5) is 0 Å². The van der Waals surface area contributed by atoms with Gasteiger partial charge >= 0.3 is 0 Å². The number of nitrogens with zero attached hydrogens (tertiary/aromatic N) is 1. The average molecular weight is 318 g/mol. The minimum absolute atomic E-state index is 0.0444. The Morgan fingerprint density at radius 1 is 1.20 bits per heavy atom. The van der Waals surface area contributed by atoms with E-state index in [9.17, 15) is 13.2 Å². The van der Waals surface area contributed by atoms with Gasteiger partial charge in [0.1, 0.15) is 5.75 Å². The zero-order valence-corrected chi connectivity index (χ0v) is 13.7. The van der Waals surface area contributed by atoms with Crippen LogP contribution in [0, 0.1) is 0 Å². The van der Waals surface area contributed by atoms with E-state index < -0.39 is 21.5 Å². The van der Waals surface area contributed by atoms with Crippen LogP contribution in [-0.2, 0) is 14.6 Å². The molecule has 1 amide bonds. The van der Waals surface area contributed by atoms with Gasteiger partial charge in [-0.05, 0) is 45.9 Å². The van der Waals surface area contributed by atoms with Crippen LogP contribution in [0.15, 0.2) is 29.2 Å². The summed E-state index contributed by atoms with van der Waals surface area (Å²) in [5.41, 5.74) is 0. The molecule has 0 saturated carbocycles. The first-order valence-electron chi connectivity index (χ1n) is 6.44. The Hall–Kier alpha value is -1.07. The van der Waals surface area contributed by atoms with Gasteiger partial charge in [-0.3, -0.25) is 4.79 Å². The van der Waals surface area contributed by atoms with Crippen LogP contribution >= 0.6 is 11.6 Å². The fourth-order valence-electron chi connectivity index (χ4n) is 2.15. The third-order valence-corrected chi connectivity index (χ3v) is 4.70. The summed E-state index contributed by atoms with van der Waals surface area (Å²) in [6, 6.07) is 5.87. The molecule has 6 heteroatoms. The van der Waals surface area contributed by atoms with Crippen molar-refractivity contribution in [3.8, 4) is 0 Å². The van der Waals surface area contributed by atoms with E-state index >= 15 is 0 Å². The van der Waals surface area contributed by atoms with Crippen molar-refractivity contribution in [1.82, 2.24) is 4.90 Å². The zero-order valence-electron chi connectivity index (χ0n) is 12.1. The number of carbonyl (C=O) groups is 1. The Kier molecular flexibility index (Phi) is 5.59. The lowest BCUT2D eigenvalue weighted by Gasteiger charge is -2.30. The smallest absolute Gasteiger partial charge is 0.238 e.